The first kappa shape index (κ1) is 10.5. The van der Waals surface area contributed by atoms with Gasteiger partial charge in [0.25, 0.3) is 0 Å². The molecule has 1 aliphatic carbocycles. The third-order valence-corrected chi connectivity index (χ3v) is 3.44. The third kappa shape index (κ3) is 2.11. The third-order valence-electron chi connectivity index (χ3n) is 3.44. The molecule has 17 heavy (non-hydrogen) atoms. The molecule has 1 N–H and O–H groups in total. The summed E-state index contributed by atoms with van der Waals surface area (Å²) in [6, 6.07) is 20.3. The maximum absolute atomic E-state index is 10.2. The van der Waals surface area contributed by atoms with E-state index in [1.165, 1.54) is 5.56 Å². The zero-order chi connectivity index (χ0) is 11.7. The normalized spacial score (nSPS) is 22.7. The van der Waals surface area contributed by atoms with E-state index in [0.717, 1.165) is 12.0 Å². The fourth-order valence-corrected chi connectivity index (χ4v) is 2.39. The summed E-state index contributed by atoms with van der Waals surface area (Å²) in [6.45, 7) is 0. The van der Waals surface area contributed by atoms with E-state index in [9.17, 15) is 5.11 Å². The summed E-state index contributed by atoms with van der Waals surface area (Å²) < 4.78 is 0. The molecule has 0 saturated heterocycles. The van der Waals surface area contributed by atoms with E-state index >= 15 is 0 Å². The van der Waals surface area contributed by atoms with E-state index < -0.39 is 0 Å². The average molecular weight is 223 g/mol. The zero-order valence-corrected chi connectivity index (χ0v) is 9.58. The fourth-order valence-electron chi connectivity index (χ4n) is 2.39. The maximum atomic E-state index is 10.2. The molecular formula is C16H15O. The van der Waals surface area contributed by atoms with Crippen molar-refractivity contribution in [1.82, 2.24) is 0 Å². The van der Waals surface area contributed by atoms with Gasteiger partial charge >= 0.3 is 0 Å². The largest absolute Gasteiger partial charge is 0.381 e. The Bertz CT molecular complexity index is 477. The minimum absolute atomic E-state index is 0.305. The summed E-state index contributed by atoms with van der Waals surface area (Å²) in [7, 11) is 0. The first-order valence-corrected chi connectivity index (χ1v) is 6.02. The predicted molar refractivity (Wildman–Crippen MR) is 68.0 cm³/mol. The Morgan fingerprint density at radius 1 is 0.882 bits per heavy atom. The molecule has 1 aliphatic rings. The lowest BCUT2D eigenvalue weighted by Gasteiger charge is -2.09. The van der Waals surface area contributed by atoms with Gasteiger partial charge in [0, 0.05) is 5.92 Å². The quantitative estimate of drug-likeness (QED) is 0.840. The van der Waals surface area contributed by atoms with E-state index in [1.807, 2.05) is 36.4 Å². The van der Waals surface area contributed by atoms with Gasteiger partial charge in [-0.25, -0.2) is 0 Å². The van der Waals surface area contributed by atoms with Gasteiger partial charge in [0.2, 0.25) is 0 Å². The Kier molecular flexibility index (Phi) is 2.69. The molecular weight excluding hydrogens is 208 g/mol. The van der Waals surface area contributed by atoms with Crippen LogP contribution < -0.4 is 0 Å². The van der Waals surface area contributed by atoms with Crippen molar-refractivity contribution in [3.8, 4) is 0 Å². The van der Waals surface area contributed by atoms with Crippen LogP contribution in [0, 0.1) is 12.0 Å². The molecule has 1 fully saturated rings. The molecule has 1 saturated carbocycles. The van der Waals surface area contributed by atoms with Crippen molar-refractivity contribution in [3.63, 3.8) is 0 Å². The minimum atomic E-state index is 0.305. The molecule has 2 unspecified atom stereocenters. The molecule has 0 amide bonds. The smallest absolute Gasteiger partial charge is 0.126 e. The summed E-state index contributed by atoms with van der Waals surface area (Å²) in [4.78, 5) is 0. The molecule has 0 aliphatic heterocycles. The maximum Gasteiger partial charge on any atom is 0.126 e. The molecule has 0 heterocycles. The number of aliphatic hydroxyl groups excluding tert-OH is 1. The van der Waals surface area contributed by atoms with Gasteiger partial charge in [0.1, 0.15) is 6.10 Å². The number of aliphatic hydroxyl groups is 1. The van der Waals surface area contributed by atoms with Gasteiger partial charge in [-0.05, 0) is 23.5 Å². The van der Waals surface area contributed by atoms with Crippen molar-refractivity contribution >= 4 is 0 Å². The van der Waals surface area contributed by atoms with Gasteiger partial charge in [-0.3, -0.25) is 0 Å². The SMILES string of the molecule is O[C](c1ccccc1)C1CC1c1ccccc1. The number of benzene rings is 2. The summed E-state index contributed by atoms with van der Waals surface area (Å²) in [5, 5.41) is 10.2. The highest BCUT2D eigenvalue weighted by Gasteiger charge is 2.44. The summed E-state index contributed by atoms with van der Waals surface area (Å²) in [5.41, 5.74) is 2.29. The van der Waals surface area contributed by atoms with Gasteiger partial charge < -0.3 is 5.11 Å². The van der Waals surface area contributed by atoms with Gasteiger partial charge in [-0.15, -0.1) is 0 Å². The lowest BCUT2D eigenvalue weighted by atomic mass is 10.0. The first-order chi connectivity index (χ1) is 8.36. The van der Waals surface area contributed by atoms with Crippen molar-refractivity contribution in [2.24, 2.45) is 5.92 Å². The molecule has 2 aromatic rings. The molecule has 0 spiro atoms. The Balaban J connectivity index is 1.73. The van der Waals surface area contributed by atoms with Crippen LogP contribution in [0.5, 0.6) is 0 Å². The van der Waals surface area contributed by atoms with Crippen LogP contribution >= 0.6 is 0 Å². The second-order valence-electron chi connectivity index (χ2n) is 4.61. The average Bonchev–Trinajstić information content (AvgIpc) is 3.20. The monoisotopic (exact) mass is 223 g/mol. The zero-order valence-electron chi connectivity index (χ0n) is 9.58. The lowest BCUT2D eigenvalue weighted by molar-refractivity contribution is 0.299. The fraction of sp³-hybridized carbons (Fsp3) is 0.188. The van der Waals surface area contributed by atoms with Gasteiger partial charge in [0.05, 0.1) is 0 Å². The summed E-state index contributed by atoms with van der Waals surface area (Å²) in [6.07, 6.45) is 1.60. The van der Waals surface area contributed by atoms with Crippen LogP contribution in [0.3, 0.4) is 0 Å². The van der Waals surface area contributed by atoms with Crippen molar-refractivity contribution in [2.75, 3.05) is 0 Å². The van der Waals surface area contributed by atoms with Crippen LogP contribution in [0.4, 0.5) is 0 Å². The number of rotatable bonds is 3. The van der Waals surface area contributed by atoms with Crippen LogP contribution in [-0.2, 0) is 0 Å². The van der Waals surface area contributed by atoms with Crippen LogP contribution in [0.2, 0.25) is 0 Å². The van der Waals surface area contributed by atoms with E-state index in [1.54, 1.807) is 0 Å². The van der Waals surface area contributed by atoms with Crippen molar-refractivity contribution < 1.29 is 5.11 Å². The predicted octanol–water partition coefficient (Wildman–Crippen LogP) is 3.74. The molecule has 0 bridgehead atoms. The Morgan fingerprint density at radius 2 is 1.47 bits per heavy atom. The first-order valence-electron chi connectivity index (χ1n) is 6.02. The van der Waals surface area contributed by atoms with E-state index in [2.05, 4.69) is 24.3 Å². The van der Waals surface area contributed by atoms with Crippen molar-refractivity contribution in [2.45, 2.75) is 12.3 Å². The van der Waals surface area contributed by atoms with Crippen molar-refractivity contribution in [3.05, 3.63) is 77.9 Å². The highest BCUT2D eigenvalue weighted by molar-refractivity contribution is 5.36. The second kappa shape index (κ2) is 4.34. The minimum Gasteiger partial charge on any atom is -0.381 e. The van der Waals surface area contributed by atoms with E-state index in [4.69, 9.17) is 0 Å². The molecule has 2 atom stereocenters. The van der Waals surface area contributed by atoms with Crippen molar-refractivity contribution in [1.29, 1.82) is 0 Å². The second-order valence-corrected chi connectivity index (χ2v) is 4.61. The molecule has 1 nitrogen and oxygen atoms in total. The summed E-state index contributed by atoms with van der Waals surface area (Å²) in [5.74, 6) is 0.802. The Morgan fingerprint density at radius 3 is 2.12 bits per heavy atom. The highest BCUT2D eigenvalue weighted by Crippen LogP contribution is 2.53. The molecule has 3 rings (SSSR count). The molecule has 2 aromatic carbocycles. The van der Waals surface area contributed by atoms with E-state index in [-0.39, 0.29) is 0 Å². The number of hydrogen-bond acceptors (Lipinski definition) is 1. The van der Waals surface area contributed by atoms with Crippen LogP contribution in [0.1, 0.15) is 23.5 Å². The summed E-state index contributed by atoms with van der Waals surface area (Å²) >= 11 is 0. The van der Waals surface area contributed by atoms with Crippen LogP contribution in [0.25, 0.3) is 0 Å². The van der Waals surface area contributed by atoms with Crippen LogP contribution in [-0.4, -0.2) is 5.11 Å². The standard InChI is InChI=1S/C16H15O/c17-16(13-9-5-2-6-10-13)15-11-14(15)12-7-3-1-4-8-12/h1-10,14-15,17H,11H2. The van der Waals surface area contributed by atoms with Gasteiger partial charge in [0.15, 0.2) is 0 Å². The molecule has 85 valence electrons. The highest BCUT2D eigenvalue weighted by atomic mass is 16.3. The Hall–Kier alpha value is -1.60. The van der Waals surface area contributed by atoms with E-state index in [0.29, 0.717) is 17.9 Å². The molecule has 1 radical (unpaired) electrons. The topological polar surface area (TPSA) is 20.2 Å². The number of hydrogen-bond donors (Lipinski definition) is 1. The van der Waals surface area contributed by atoms with Gasteiger partial charge in [-0.2, -0.15) is 0 Å². The Labute approximate surface area is 102 Å². The lowest BCUT2D eigenvalue weighted by Crippen LogP contribution is -2.02. The van der Waals surface area contributed by atoms with Crippen LogP contribution in [0.15, 0.2) is 60.7 Å². The molecule has 0 aromatic heterocycles. The van der Waals surface area contributed by atoms with Gasteiger partial charge in [-0.1, -0.05) is 60.7 Å². The molecule has 1 heteroatoms.